The SMILES string of the molecule is NC(=O)[C@H]1CNC[C@@H]1C1CCCCC1. The quantitative estimate of drug-likeness (QED) is 0.689. The Hall–Kier alpha value is -0.570. The van der Waals surface area contributed by atoms with Gasteiger partial charge in [-0.15, -0.1) is 0 Å². The second-order valence-corrected chi connectivity index (χ2v) is 4.73. The fraction of sp³-hybridized carbons (Fsp3) is 0.909. The van der Waals surface area contributed by atoms with Crippen LogP contribution in [0.1, 0.15) is 32.1 Å². The van der Waals surface area contributed by atoms with Gasteiger partial charge in [0.1, 0.15) is 0 Å². The molecule has 0 aromatic rings. The highest BCUT2D eigenvalue weighted by atomic mass is 16.1. The van der Waals surface area contributed by atoms with Crippen molar-refractivity contribution in [2.24, 2.45) is 23.5 Å². The van der Waals surface area contributed by atoms with E-state index in [9.17, 15) is 4.79 Å². The molecular weight excluding hydrogens is 176 g/mol. The molecule has 0 unspecified atom stereocenters. The van der Waals surface area contributed by atoms with Crippen molar-refractivity contribution in [3.63, 3.8) is 0 Å². The van der Waals surface area contributed by atoms with Crippen molar-refractivity contribution in [1.29, 1.82) is 0 Å². The summed E-state index contributed by atoms with van der Waals surface area (Å²) in [6.45, 7) is 1.80. The zero-order chi connectivity index (χ0) is 9.97. The van der Waals surface area contributed by atoms with Crippen LogP contribution in [0.15, 0.2) is 0 Å². The third-order valence-electron chi connectivity index (χ3n) is 3.88. The molecule has 3 heteroatoms. The van der Waals surface area contributed by atoms with Crippen LogP contribution in [0.5, 0.6) is 0 Å². The van der Waals surface area contributed by atoms with Gasteiger partial charge in [-0.3, -0.25) is 4.79 Å². The van der Waals surface area contributed by atoms with E-state index in [2.05, 4.69) is 5.32 Å². The van der Waals surface area contributed by atoms with Crippen LogP contribution in [0, 0.1) is 17.8 Å². The van der Waals surface area contributed by atoms with Crippen LogP contribution in [-0.4, -0.2) is 19.0 Å². The van der Waals surface area contributed by atoms with Crippen LogP contribution in [0.25, 0.3) is 0 Å². The maximum absolute atomic E-state index is 11.2. The van der Waals surface area contributed by atoms with E-state index in [-0.39, 0.29) is 11.8 Å². The normalized spacial score (nSPS) is 34.6. The van der Waals surface area contributed by atoms with Crippen LogP contribution in [0.3, 0.4) is 0 Å². The van der Waals surface area contributed by atoms with Gasteiger partial charge in [-0.1, -0.05) is 32.1 Å². The molecule has 1 heterocycles. The van der Waals surface area contributed by atoms with Crippen molar-refractivity contribution in [3.05, 3.63) is 0 Å². The molecule has 3 N–H and O–H groups in total. The predicted octanol–water partition coefficient (Wildman–Crippen LogP) is 0.888. The van der Waals surface area contributed by atoms with Gasteiger partial charge in [0.25, 0.3) is 0 Å². The van der Waals surface area contributed by atoms with Crippen molar-refractivity contribution >= 4 is 5.91 Å². The van der Waals surface area contributed by atoms with Gasteiger partial charge in [-0.25, -0.2) is 0 Å². The van der Waals surface area contributed by atoms with Crippen molar-refractivity contribution < 1.29 is 4.79 Å². The maximum Gasteiger partial charge on any atom is 0.222 e. The van der Waals surface area contributed by atoms with Crippen molar-refractivity contribution in [3.8, 4) is 0 Å². The van der Waals surface area contributed by atoms with E-state index in [1.807, 2.05) is 0 Å². The molecular formula is C11H20N2O. The second-order valence-electron chi connectivity index (χ2n) is 4.73. The Labute approximate surface area is 85.4 Å². The van der Waals surface area contributed by atoms with E-state index in [4.69, 9.17) is 5.73 Å². The Morgan fingerprint density at radius 1 is 1.14 bits per heavy atom. The molecule has 1 saturated carbocycles. The fourth-order valence-corrected chi connectivity index (χ4v) is 3.07. The first-order valence-corrected chi connectivity index (χ1v) is 5.79. The topological polar surface area (TPSA) is 55.1 Å². The van der Waals surface area contributed by atoms with Gasteiger partial charge in [-0.2, -0.15) is 0 Å². The van der Waals surface area contributed by atoms with Gasteiger partial charge in [0.05, 0.1) is 5.92 Å². The Morgan fingerprint density at radius 3 is 2.50 bits per heavy atom. The Kier molecular flexibility index (Phi) is 3.06. The molecule has 2 atom stereocenters. The molecule has 2 aliphatic rings. The largest absolute Gasteiger partial charge is 0.369 e. The summed E-state index contributed by atoms with van der Waals surface area (Å²) in [5.41, 5.74) is 5.42. The molecule has 2 fully saturated rings. The molecule has 80 valence electrons. The Balaban J connectivity index is 1.97. The average molecular weight is 196 g/mol. The summed E-state index contributed by atoms with van der Waals surface area (Å²) >= 11 is 0. The fourth-order valence-electron chi connectivity index (χ4n) is 3.07. The lowest BCUT2D eigenvalue weighted by Crippen LogP contribution is -2.33. The number of nitrogens with two attached hydrogens (primary N) is 1. The monoisotopic (exact) mass is 196 g/mol. The predicted molar refractivity (Wildman–Crippen MR) is 55.6 cm³/mol. The summed E-state index contributed by atoms with van der Waals surface area (Å²) in [6, 6.07) is 0. The number of carbonyl (C=O) groups excluding carboxylic acids is 1. The molecule has 0 bridgehead atoms. The van der Waals surface area contributed by atoms with Gasteiger partial charge >= 0.3 is 0 Å². The van der Waals surface area contributed by atoms with Gasteiger partial charge in [0.15, 0.2) is 0 Å². The first-order valence-electron chi connectivity index (χ1n) is 5.79. The molecule has 2 rings (SSSR count). The maximum atomic E-state index is 11.2. The minimum absolute atomic E-state index is 0.0955. The molecule has 1 aliphatic carbocycles. The zero-order valence-corrected chi connectivity index (χ0v) is 8.67. The minimum atomic E-state index is -0.106. The molecule has 1 saturated heterocycles. The van der Waals surface area contributed by atoms with Crippen molar-refractivity contribution in [2.45, 2.75) is 32.1 Å². The standard InChI is InChI=1S/C11H20N2O/c12-11(14)10-7-13-6-9(10)8-4-2-1-3-5-8/h8-10,13H,1-7H2,(H2,12,14)/t9-,10+/m1/s1. The van der Waals surface area contributed by atoms with Gasteiger partial charge in [-0.05, 0) is 18.4 Å². The smallest absolute Gasteiger partial charge is 0.222 e. The average Bonchev–Trinajstić information content (AvgIpc) is 2.67. The lowest BCUT2D eigenvalue weighted by molar-refractivity contribution is -0.123. The van der Waals surface area contributed by atoms with E-state index in [1.165, 1.54) is 32.1 Å². The number of hydrogen-bond acceptors (Lipinski definition) is 2. The lowest BCUT2D eigenvalue weighted by Gasteiger charge is -2.29. The second kappa shape index (κ2) is 4.30. The number of rotatable bonds is 2. The van der Waals surface area contributed by atoms with Gasteiger partial charge in [0, 0.05) is 6.54 Å². The Bertz CT molecular complexity index is 211. The number of nitrogens with one attached hydrogen (secondary N) is 1. The van der Waals surface area contributed by atoms with Crippen LogP contribution in [-0.2, 0) is 4.79 Å². The molecule has 0 aromatic carbocycles. The van der Waals surface area contributed by atoms with E-state index < -0.39 is 0 Å². The first kappa shape index (κ1) is 9.97. The van der Waals surface area contributed by atoms with E-state index in [0.717, 1.165) is 19.0 Å². The zero-order valence-electron chi connectivity index (χ0n) is 8.67. The summed E-state index contributed by atoms with van der Waals surface area (Å²) in [5.74, 6) is 1.26. The molecule has 1 amide bonds. The highest BCUT2D eigenvalue weighted by molar-refractivity contribution is 5.77. The summed E-state index contributed by atoms with van der Waals surface area (Å²) < 4.78 is 0. The number of amides is 1. The molecule has 14 heavy (non-hydrogen) atoms. The van der Waals surface area contributed by atoms with E-state index >= 15 is 0 Å². The number of primary amides is 1. The van der Waals surface area contributed by atoms with E-state index in [0.29, 0.717) is 5.92 Å². The van der Waals surface area contributed by atoms with Crippen molar-refractivity contribution in [1.82, 2.24) is 5.32 Å². The third kappa shape index (κ3) is 1.92. The first-order chi connectivity index (χ1) is 6.79. The minimum Gasteiger partial charge on any atom is -0.369 e. The number of carbonyl (C=O) groups is 1. The third-order valence-corrected chi connectivity index (χ3v) is 3.88. The van der Waals surface area contributed by atoms with Gasteiger partial charge < -0.3 is 11.1 Å². The molecule has 3 nitrogen and oxygen atoms in total. The van der Waals surface area contributed by atoms with Crippen LogP contribution < -0.4 is 11.1 Å². The molecule has 1 aliphatic heterocycles. The summed E-state index contributed by atoms with van der Waals surface area (Å²) in [6.07, 6.45) is 6.66. The van der Waals surface area contributed by atoms with Crippen LogP contribution in [0.4, 0.5) is 0 Å². The van der Waals surface area contributed by atoms with Crippen molar-refractivity contribution in [2.75, 3.05) is 13.1 Å². The van der Waals surface area contributed by atoms with Gasteiger partial charge in [0.2, 0.25) is 5.91 Å². The molecule has 0 aromatic heterocycles. The Morgan fingerprint density at radius 2 is 1.86 bits per heavy atom. The highest BCUT2D eigenvalue weighted by Crippen LogP contribution is 2.35. The highest BCUT2D eigenvalue weighted by Gasteiger charge is 2.36. The number of hydrogen-bond donors (Lipinski definition) is 2. The van der Waals surface area contributed by atoms with E-state index in [1.54, 1.807) is 0 Å². The molecule has 0 spiro atoms. The van der Waals surface area contributed by atoms with Crippen LogP contribution in [0.2, 0.25) is 0 Å². The summed E-state index contributed by atoms with van der Waals surface area (Å²) in [5, 5.41) is 3.30. The summed E-state index contributed by atoms with van der Waals surface area (Å²) in [7, 11) is 0. The molecule has 0 radical (unpaired) electrons. The lowest BCUT2D eigenvalue weighted by atomic mass is 9.75. The summed E-state index contributed by atoms with van der Waals surface area (Å²) in [4.78, 5) is 11.2. The van der Waals surface area contributed by atoms with Crippen LogP contribution >= 0.6 is 0 Å².